The maximum Gasteiger partial charge on any atom is 0.511 e. The van der Waals surface area contributed by atoms with Crippen molar-refractivity contribution >= 4 is 18.3 Å². The molecular weight excluding hydrogens is 436 g/mol. The van der Waals surface area contributed by atoms with E-state index in [4.69, 9.17) is 33.2 Å². The highest BCUT2D eigenvalue weighted by atomic mass is 16.8. The van der Waals surface area contributed by atoms with Crippen LogP contribution in [0.5, 0.6) is 11.5 Å². The van der Waals surface area contributed by atoms with Crippen molar-refractivity contribution in [1.29, 1.82) is 0 Å². The number of hydrogen-bond acceptors (Lipinski definition) is 10. The number of carbonyl (C=O) groups is 3. The maximum absolute atomic E-state index is 11.8. The van der Waals surface area contributed by atoms with Gasteiger partial charge in [0.2, 0.25) is 13.6 Å². The molecule has 0 aromatic heterocycles. The average molecular weight is 471 g/mol. The van der Waals surface area contributed by atoms with Gasteiger partial charge in [-0.05, 0) is 58.2 Å². The smallest absolute Gasteiger partial charge is 0.466 e. The van der Waals surface area contributed by atoms with Gasteiger partial charge in [0.1, 0.15) is 0 Å². The van der Waals surface area contributed by atoms with Gasteiger partial charge in [-0.2, -0.15) is 0 Å². The van der Waals surface area contributed by atoms with Crippen LogP contribution < -0.4 is 9.47 Å². The lowest BCUT2D eigenvalue weighted by Gasteiger charge is -2.15. The molecule has 0 bridgehead atoms. The SMILES string of the molecule is CCCCOC(=O)CCc1ccc(OCOC(=O)OC(C)C)c(OCOC(=O)OC(C)C)c1. The molecule has 0 saturated carbocycles. The Morgan fingerprint density at radius 2 is 1.39 bits per heavy atom. The molecule has 1 rings (SSSR count). The molecule has 0 atom stereocenters. The molecule has 0 aliphatic carbocycles. The summed E-state index contributed by atoms with van der Waals surface area (Å²) in [6.07, 6.45) is -0.0295. The predicted molar refractivity (Wildman–Crippen MR) is 117 cm³/mol. The summed E-state index contributed by atoms with van der Waals surface area (Å²) in [7, 11) is 0. The fourth-order valence-corrected chi connectivity index (χ4v) is 2.32. The normalized spacial score (nSPS) is 10.5. The van der Waals surface area contributed by atoms with E-state index in [9.17, 15) is 14.4 Å². The van der Waals surface area contributed by atoms with Crippen LogP contribution in [0.4, 0.5) is 9.59 Å². The van der Waals surface area contributed by atoms with Gasteiger partial charge in [-0.3, -0.25) is 4.79 Å². The van der Waals surface area contributed by atoms with Crippen LogP contribution in [0.1, 0.15) is 59.4 Å². The third-order valence-corrected chi connectivity index (χ3v) is 3.83. The Hall–Kier alpha value is -3.17. The number of rotatable bonds is 14. The highest BCUT2D eigenvalue weighted by molar-refractivity contribution is 5.69. The van der Waals surface area contributed by atoms with Gasteiger partial charge in [-0.1, -0.05) is 19.4 Å². The van der Waals surface area contributed by atoms with Crippen molar-refractivity contribution in [3.05, 3.63) is 23.8 Å². The van der Waals surface area contributed by atoms with E-state index < -0.39 is 25.9 Å². The first-order valence-electron chi connectivity index (χ1n) is 10.9. The summed E-state index contributed by atoms with van der Waals surface area (Å²) in [5, 5.41) is 0. The highest BCUT2D eigenvalue weighted by Crippen LogP contribution is 2.29. The summed E-state index contributed by atoms with van der Waals surface area (Å²) in [6, 6.07) is 4.97. The Bertz CT molecular complexity index is 745. The van der Waals surface area contributed by atoms with Crippen LogP contribution in [0.3, 0.4) is 0 Å². The molecule has 0 spiro atoms. The fraction of sp³-hybridized carbons (Fsp3) is 0.609. The average Bonchev–Trinajstić information content (AvgIpc) is 2.72. The van der Waals surface area contributed by atoms with Gasteiger partial charge in [-0.15, -0.1) is 0 Å². The van der Waals surface area contributed by atoms with E-state index in [0.29, 0.717) is 13.0 Å². The van der Waals surface area contributed by atoms with Gasteiger partial charge < -0.3 is 33.2 Å². The molecule has 10 heteroatoms. The van der Waals surface area contributed by atoms with E-state index in [1.54, 1.807) is 45.9 Å². The Kier molecular flexibility index (Phi) is 13.2. The van der Waals surface area contributed by atoms with E-state index in [1.807, 2.05) is 6.92 Å². The quantitative estimate of drug-likeness (QED) is 0.163. The second kappa shape index (κ2) is 15.6. The molecule has 33 heavy (non-hydrogen) atoms. The van der Waals surface area contributed by atoms with Crippen molar-refractivity contribution < 1.29 is 47.5 Å². The van der Waals surface area contributed by atoms with Crippen LogP contribution in [-0.2, 0) is 34.9 Å². The molecule has 0 radical (unpaired) electrons. The van der Waals surface area contributed by atoms with Crippen molar-refractivity contribution in [2.45, 2.75) is 72.5 Å². The highest BCUT2D eigenvalue weighted by Gasteiger charge is 2.13. The monoisotopic (exact) mass is 470 g/mol. The van der Waals surface area contributed by atoms with Gasteiger partial charge in [0.05, 0.1) is 18.8 Å². The first-order chi connectivity index (χ1) is 15.7. The van der Waals surface area contributed by atoms with Gasteiger partial charge in [0.25, 0.3) is 0 Å². The molecule has 1 aromatic carbocycles. The van der Waals surface area contributed by atoms with Crippen LogP contribution in [0.15, 0.2) is 18.2 Å². The van der Waals surface area contributed by atoms with Crippen LogP contribution >= 0.6 is 0 Å². The number of benzene rings is 1. The Labute approximate surface area is 194 Å². The standard InChI is InChI=1S/C23H34O10/c1-6-7-12-27-21(24)11-9-18-8-10-19(28-14-30-22(25)32-16(2)3)20(13-18)29-15-31-23(26)33-17(4)5/h8,10,13,16-17H,6-7,9,11-12,14-15H2,1-5H3. The molecule has 0 heterocycles. The first kappa shape index (κ1) is 27.9. The zero-order valence-electron chi connectivity index (χ0n) is 19.9. The molecule has 0 unspecified atom stereocenters. The van der Waals surface area contributed by atoms with Crippen molar-refractivity contribution in [3.63, 3.8) is 0 Å². The number of hydrogen-bond donors (Lipinski definition) is 0. The molecule has 0 aliphatic rings. The zero-order chi connectivity index (χ0) is 24.6. The zero-order valence-corrected chi connectivity index (χ0v) is 19.9. The van der Waals surface area contributed by atoms with Crippen molar-refractivity contribution in [2.24, 2.45) is 0 Å². The number of carbonyl (C=O) groups excluding carboxylic acids is 3. The second-order valence-corrected chi connectivity index (χ2v) is 7.50. The van der Waals surface area contributed by atoms with E-state index in [0.717, 1.165) is 18.4 Å². The molecule has 0 fully saturated rings. The van der Waals surface area contributed by atoms with Crippen molar-refractivity contribution in [3.8, 4) is 11.5 Å². The van der Waals surface area contributed by atoms with Crippen LogP contribution in [-0.4, -0.2) is 50.7 Å². The summed E-state index contributed by atoms with van der Waals surface area (Å²) in [4.78, 5) is 34.9. The lowest BCUT2D eigenvalue weighted by Crippen LogP contribution is -2.17. The van der Waals surface area contributed by atoms with Crippen LogP contribution in [0, 0.1) is 0 Å². The molecule has 0 aliphatic heterocycles. The van der Waals surface area contributed by atoms with Crippen LogP contribution in [0.2, 0.25) is 0 Å². The summed E-state index contributed by atoms with van der Waals surface area (Å²) in [5.41, 5.74) is 0.773. The topological polar surface area (TPSA) is 116 Å². The molecule has 0 saturated heterocycles. The predicted octanol–water partition coefficient (Wildman–Crippen LogP) is 4.76. The number of unbranched alkanes of at least 4 members (excludes halogenated alkanes) is 1. The van der Waals surface area contributed by atoms with E-state index in [2.05, 4.69) is 0 Å². The minimum atomic E-state index is -0.877. The summed E-state index contributed by atoms with van der Waals surface area (Å²) >= 11 is 0. The minimum absolute atomic E-state index is 0.199. The Morgan fingerprint density at radius 3 is 1.94 bits per heavy atom. The van der Waals surface area contributed by atoms with Gasteiger partial charge >= 0.3 is 18.3 Å². The number of ether oxygens (including phenoxy) is 7. The first-order valence-corrected chi connectivity index (χ1v) is 10.9. The lowest BCUT2D eigenvalue weighted by atomic mass is 10.1. The lowest BCUT2D eigenvalue weighted by molar-refractivity contribution is -0.143. The van der Waals surface area contributed by atoms with Gasteiger partial charge in [0, 0.05) is 6.42 Å². The fourth-order valence-electron chi connectivity index (χ4n) is 2.32. The second-order valence-electron chi connectivity index (χ2n) is 7.50. The summed E-state index contributed by atoms with van der Waals surface area (Å²) < 4.78 is 35.6. The van der Waals surface area contributed by atoms with Gasteiger partial charge in [-0.25, -0.2) is 9.59 Å². The third-order valence-electron chi connectivity index (χ3n) is 3.83. The molecule has 10 nitrogen and oxygen atoms in total. The Morgan fingerprint density at radius 1 is 0.818 bits per heavy atom. The van der Waals surface area contributed by atoms with Crippen molar-refractivity contribution in [1.82, 2.24) is 0 Å². The Balaban J connectivity index is 2.72. The van der Waals surface area contributed by atoms with E-state index >= 15 is 0 Å². The summed E-state index contributed by atoms with van der Waals surface area (Å²) in [5.74, 6) is 0.176. The van der Waals surface area contributed by atoms with Gasteiger partial charge in [0.15, 0.2) is 11.5 Å². The van der Waals surface area contributed by atoms with E-state index in [-0.39, 0.29) is 36.1 Å². The largest absolute Gasteiger partial charge is 0.511 e. The molecule has 1 aromatic rings. The summed E-state index contributed by atoms with van der Waals surface area (Å²) in [6.45, 7) is 8.34. The number of aryl methyl sites for hydroxylation is 1. The molecular formula is C23H34O10. The third kappa shape index (κ3) is 13.1. The van der Waals surface area contributed by atoms with E-state index in [1.165, 1.54) is 0 Å². The maximum atomic E-state index is 11.8. The molecule has 0 N–H and O–H groups in total. The molecule has 0 amide bonds. The molecule has 186 valence electrons. The minimum Gasteiger partial charge on any atom is -0.466 e. The number of esters is 1. The van der Waals surface area contributed by atoms with Crippen molar-refractivity contribution in [2.75, 3.05) is 20.2 Å². The van der Waals surface area contributed by atoms with Crippen LogP contribution in [0.25, 0.3) is 0 Å².